The van der Waals surface area contributed by atoms with Crippen molar-refractivity contribution in [3.05, 3.63) is 30.3 Å². The lowest BCUT2D eigenvalue weighted by Gasteiger charge is -2.32. The van der Waals surface area contributed by atoms with Crippen LogP contribution >= 0.6 is 0 Å². The number of carbonyl (C=O) groups is 2. The molecule has 0 spiro atoms. The zero-order chi connectivity index (χ0) is 19.8. The molecular weight excluding hydrogens is 342 g/mol. The number of amides is 2. The number of nitrogens with one attached hydrogen (secondary N) is 1. The highest BCUT2D eigenvalue weighted by Gasteiger charge is 2.28. The van der Waals surface area contributed by atoms with Gasteiger partial charge in [-0.3, -0.25) is 20.0 Å². The van der Waals surface area contributed by atoms with Crippen LogP contribution in [0.15, 0.2) is 35.3 Å². The van der Waals surface area contributed by atoms with Crippen molar-refractivity contribution in [3.8, 4) is 0 Å². The predicted molar refractivity (Wildman–Crippen MR) is 109 cm³/mol. The first-order chi connectivity index (χ1) is 13.0. The van der Waals surface area contributed by atoms with Crippen LogP contribution in [-0.4, -0.2) is 66.7 Å². The maximum absolute atomic E-state index is 13.1. The minimum Gasteiger partial charge on any atom is -0.334 e. The normalized spacial score (nSPS) is 14.4. The summed E-state index contributed by atoms with van der Waals surface area (Å²) in [6, 6.07) is 9.24. The molecule has 7 heteroatoms. The SMILES string of the molecule is CCN(CC)CCN(CC(C)C)C(=O)C1=NCC(=O)N(c2ccccc2)N1. The fourth-order valence-corrected chi connectivity index (χ4v) is 2.99. The summed E-state index contributed by atoms with van der Waals surface area (Å²) < 4.78 is 0. The van der Waals surface area contributed by atoms with E-state index in [0.717, 1.165) is 19.6 Å². The van der Waals surface area contributed by atoms with Crippen molar-refractivity contribution in [2.24, 2.45) is 10.9 Å². The van der Waals surface area contributed by atoms with E-state index >= 15 is 0 Å². The van der Waals surface area contributed by atoms with Crippen molar-refractivity contribution < 1.29 is 9.59 Å². The van der Waals surface area contributed by atoms with Crippen LogP contribution in [0, 0.1) is 5.92 Å². The molecule has 27 heavy (non-hydrogen) atoms. The van der Waals surface area contributed by atoms with Crippen LogP contribution in [0.4, 0.5) is 5.69 Å². The van der Waals surface area contributed by atoms with Gasteiger partial charge in [0.05, 0.1) is 5.69 Å². The number of hydrogen-bond acceptors (Lipinski definition) is 5. The summed E-state index contributed by atoms with van der Waals surface area (Å²) in [6.07, 6.45) is 0. The summed E-state index contributed by atoms with van der Waals surface area (Å²) in [4.78, 5) is 33.6. The van der Waals surface area contributed by atoms with E-state index in [9.17, 15) is 9.59 Å². The molecule has 1 aromatic carbocycles. The lowest BCUT2D eigenvalue weighted by atomic mass is 10.2. The molecule has 0 saturated carbocycles. The third-order valence-corrected chi connectivity index (χ3v) is 4.51. The van der Waals surface area contributed by atoms with Gasteiger partial charge in [-0.25, -0.2) is 5.01 Å². The van der Waals surface area contributed by atoms with Gasteiger partial charge in [-0.15, -0.1) is 0 Å². The van der Waals surface area contributed by atoms with Crippen LogP contribution in [0.3, 0.4) is 0 Å². The van der Waals surface area contributed by atoms with E-state index < -0.39 is 0 Å². The molecule has 1 heterocycles. The summed E-state index contributed by atoms with van der Waals surface area (Å²) in [5, 5.41) is 1.40. The third-order valence-electron chi connectivity index (χ3n) is 4.51. The molecule has 1 aliphatic heterocycles. The van der Waals surface area contributed by atoms with E-state index in [2.05, 4.69) is 43.0 Å². The minimum absolute atomic E-state index is 0.0332. The number of amidine groups is 1. The maximum atomic E-state index is 13.1. The van der Waals surface area contributed by atoms with Crippen molar-refractivity contribution in [3.63, 3.8) is 0 Å². The smallest absolute Gasteiger partial charge is 0.290 e. The molecule has 0 aliphatic carbocycles. The van der Waals surface area contributed by atoms with Gasteiger partial charge < -0.3 is 9.80 Å². The molecule has 0 radical (unpaired) electrons. The maximum Gasteiger partial charge on any atom is 0.290 e. The van der Waals surface area contributed by atoms with E-state index in [1.165, 1.54) is 5.01 Å². The zero-order valence-electron chi connectivity index (χ0n) is 16.8. The molecule has 0 saturated heterocycles. The van der Waals surface area contributed by atoms with Crippen LogP contribution < -0.4 is 10.4 Å². The quantitative estimate of drug-likeness (QED) is 0.716. The average molecular weight is 374 g/mol. The molecule has 2 rings (SSSR count). The number of hydrogen-bond donors (Lipinski definition) is 1. The van der Waals surface area contributed by atoms with Crippen molar-refractivity contribution in [2.75, 3.05) is 44.3 Å². The van der Waals surface area contributed by atoms with Gasteiger partial charge in [0.2, 0.25) is 5.84 Å². The van der Waals surface area contributed by atoms with E-state index in [4.69, 9.17) is 0 Å². The number of hydrazine groups is 1. The highest BCUT2D eigenvalue weighted by Crippen LogP contribution is 2.14. The number of nitrogens with zero attached hydrogens (tertiary/aromatic N) is 4. The van der Waals surface area contributed by atoms with Crippen LogP contribution in [0.2, 0.25) is 0 Å². The van der Waals surface area contributed by atoms with Crippen molar-refractivity contribution >= 4 is 23.3 Å². The fraction of sp³-hybridized carbons (Fsp3) is 0.550. The molecule has 0 bridgehead atoms. The number of rotatable bonds is 9. The number of benzene rings is 1. The minimum atomic E-state index is -0.184. The van der Waals surface area contributed by atoms with Crippen molar-refractivity contribution in [2.45, 2.75) is 27.7 Å². The lowest BCUT2D eigenvalue weighted by Crippen LogP contribution is -2.57. The summed E-state index contributed by atoms with van der Waals surface area (Å²) in [6.45, 7) is 12.4. The molecule has 1 aliphatic rings. The Bertz CT molecular complexity index is 656. The van der Waals surface area contributed by atoms with Gasteiger partial charge in [0.1, 0.15) is 6.54 Å². The Morgan fingerprint density at radius 1 is 1.19 bits per heavy atom. The number of aliphatic imine (C=N–C) groups is 1. The van der Waals surface area contributed by atoms with E-state index in [1.54, 1.807) is 0 Å². The Labute approximate surface area is 162 Å². The van der Waals surface area contributed by atoms with E-state index in [1.807, 2.05) is 35.2 Å². The van der Waals surface area contributed by atoms with Gasteiger partial charge in [0, 0.05) is 19.6 Å². The molecule has 148 valence electrons. The van der Waals surface area contributed by atoms with Gasteiger partial charge in [-0.2, -0.15) is 0 Å². The Balaban J connectivity index is 2.12. The predicted octanol–water partition coefficient (Wildman–Crippen LogP) is 1.76. The van der Waals surface area contributed by atoms with Gasteiger partial charge in [0.25, 0.3) is 11.8 Å². The van der Waals surface area contributed by atoms with Crippen molar-refractivity contribution in [1.29, 1.82) is 0 Å². The molecule has 1 N–H and O–H groups in total. The Hall–Kier alpha value is -2.41. The van der Waals surface area contributed by atoms with Crippen LogP contribution in [0.1, 0.15) is 27.7 Å². The molecule has 0 atom stereocenters. The summed E-state index contributed by atoms with van der Waals surface area (Å²) in [5.74, 6) is 0.223. The summed E-state index contributed by atoms with van der Waals surface area (Å²) in [7, 11) is 0. The second-order valence-corrected chi connectivity index (χ2v) is 7.01. The first-order valence-corrected chi connectivity index (χ1v) is 9.67. The van der Waals surface area contributed by atoms with Gasteiger partial charge in [-0.05, 0) is 31.1 Å². The van der Waals surface area contributed by atoms with Crippen LogP contribution in [-0.2, 0) is 9.59 Å². The molecule has 0 unspecified atom stereocenters. The monoisotopic (exact) mass is 373 g/mol. The summed E-state index contributed by atoms with van der Waals surface area (Å²) in [5.41, 5.74) is 3.61. The van der Waals surface area contributed by atoms with Gasteiger partial charge in [-0.1, -0.05) is 45.9 Å². The molecule has 0 fully saturated rings. The highest BCUT2D eigenvalue weighted by molar-refractivity contribution is 6.39. The zero-order valence-corrected chi connectivity index (χ0v) is 16.8. The van der Waals surface area contributed by atoms with Gasteiger partial charge >= 0.3 is 0 Å². The van der Waals surface area contributed by atoms with E-state index in [0.29, 0.717) is 24.7 Å². The topological polar surface area (TPSA) is 68.2 Å². The molecular formula is C20H31N5O2. The number of anilines is 1. The molecule has 1 aromatic rings. The number of carbonyl (C=O) groups excluding carboxylic acids is 2. The fourth-order valence-electron chi connectivity index (χ4n) is 2.99. The summed E-state index contributed by atoms with van der Waals surface area (Å²) >= 11 is 0. The molecule has 0 aromatic heterocycles. The van der Waals surface area contributed by atoms with Crippen LogP contribution in [0.5, 0.6) is 0 Å². The highest BCUT2D eigenvalue weighted by atomic mass is 16.2. The largest absolute Gasteiger partial charge is 0.334 e. The first-order valence-electron chi connectivity index (χ1n) is 9.67. The van der Waals surface area contributed by atoms with Crippen LogP contribution in [0.25, 0.3) is 0 Å². The molecule has 7 nitrogen and oxygen atoms in total. The Morgan fingerprint density at radius 3 is 2.44 bits per heavy atom. The second kappa shape index (κ2) is 10.1. The van der Waals surface area contributed by atoms with Crippen molar-refractivity contribution in [1.82, 2.24) is 15.2 Å². The Kier molecular flexibility index (Phi) is 7.79. The first kappa shape index (κ1) is 20.9. The second-order valence-electron chi connectivity index (χ2n) is 7.01. The number of likely N-dealkylation sites (N-methyl/N-ethyl adjacent to an activating group) is 1. The lowest BCUT2D eigenvalue weighted by molar-refractivity contribution is -0.125. The van der Waals surface area contributed by atoms with E-state index in [-0.39, 0.29) is 24.2 Å². The number of para-hydroxylation sites is 1. The molecule has 2 amide bonds. The standard InChI is InChI=1S/C20H31N5O2/c1-5-23(6-2)12-13-24(15-16(3)4)20(27)19-21-14-18(26)25(22-19)17-10-8-7-9-11-17/h7-11,16H,5-6,12-15H2,1-4H3,(H,21,22). The van der Waals surface area contributed by atoms with Gasteiger partial charge in [0.15, 0.2) is 0 Å². The third kappa shape index (κ3) is 5.79. The average Bonchev–Trinajstić information content (AvgIpc) is 2.68. The Morgan fingerprint density at radius 2 is 1.85 bits per heavy atom.